The lowest BCUT2D eigenvalue weighted by Crippen LogP contribution is -2.49. The van der Waals surface area contributed by atoms with Crippen LogP contribution in [-0.4, -0.2) is 98.0 Å². The Labute approximate surface area is 491 Å². The smallest absolute Gasteiger partial charge is 0.487 e. The van der Waals surface area contributed by atoms with Crippen molar-refractivity contribution in [3.05, 3.63) is 127 Å². The molecule has 4 aliphatic rings. The predicted octanol–water partition coefficient (Wildman–Crippen LogP) is 7.64. The molecule has 1 aromatic heterocycles. The van der Waals surface area contributed by atoms with Gasteiger partial charge in [0.25, 0.3) is 19.3 Å². The van der Waals surface area contributed by atoms with Crippen LogP contribution in [0, 0.1) is 11.8 Å². The first kappa shape index (κ1) is 63.1. The van der Waals surface area contributed by atoms with Gasteiger partial charge in [-0.15, -0.1) is 0 Å². The second-order valence-electron chi connectivity index (χ2n) is 20.9. The molecular formula is C53H59Cl4N6O16P3. The minimum atomic E-state index is -5.85. The number of rotatable bonds is 17. The van der Waals surface area contributed by atoms with Crippen molar-refractivity contribution in [1.29, 1.82) is 0 Å². The lowest BCUT2D eigenvalue weighted by molar-refractivity contribution is -0.212. The Hall–Kier alpha value is -4.88. The monoisotopic (exact) mass is 1270 g/mol. The van der Waals surface area contributed by atoms with Gasteiger partial charge in [0.1, 0.15) is 29.8 Å². The Morgan fingerprint density at radius 3 is 2.27 bits per heavy atom. The molecule has 5 heterocycles. The summed E-state index contributed by atoms with van der Waals surface area (Å²) in [6.07, 6.45) is 3.80. The number of nitrogens with zero attached hydrogens (tertiary/aromatic N) is 4. The first-order valence-electron chi connectivity index (χ1n) is 25.7. The third-order valence-corrected chi connectivity index (χ3v) is 19.9. The van der Waals surface area contributed by atoms with E-state index in [-0.39, 0.29) is 86.6 Å². The van der Waals surface area contributed by atoms with Crippen LogP contribution >= 0.6 is 69.9 Å². The number of phosphoric acid groups is 3. The number of amides is 2. The summed E-state index contributed by atoms with van der Waals surface area (Å²) >= 11 is 28.2. The van der Waals surface area contributed by atoms with E-state index in [2.05, 4.69) is 124 Å². The second kappa shape index (κ2) is 23.9. The van der Waals surface area contributed by atoms with Crippen molar-refractivity contribution in [3.63, 3.8) is 0 Å². The molecule has 8 rings (SSSR count). The number of fused-ring (bicyclic) bond motifs is 4. The van der Waals surface area contributed by atoms with E-state index in [9.17, 15) is 42.8 Å². The normalized spacial score (nSPS) is 19.8. The molecule has 22 nitrogen and oxygen atoms in total. The number of nitrogens with one attached hydrogen (secondary N) is 2. The summed E-state index contributed by atoms with van der Waals surface area (Å²) in [6.45, 7) is 17.5. The zero-order valence-electron chi connectivity index (χ0n) is 45.9. The number of hydrogen-bond donors (Lipinski definition) is 5. The molecule has 3 unspecified atom stereocenters. The molecular weight excluding hydrogens is 1210 g/mol. The minimum Gasteiger partial charge on any atom is -0.756 e. The van der Waals surface area contributed by atoms with Crippen molar-refractivity contribution in [1.82, 2.24) is 24.3 Å². The van der Waals surface area contributed by atoms with Crippen LogP contribution in [0.3, 0.4) is 0 Å². The molecule has 4 aromatic rings. The molecule has 0 saturated carbocycles. The SMILES string of the molecule is CCN1c2cc3c(cc2C(C)=CC1(C)C)C(c1c(Cl)c(Cl)c(Cl)c(Cl)c1C(=O)N(C)CCCC(=O)NCC#Cc1cn([C@H]2CC[C@@H](COP(=O)(O)OP(=O)(O)OP(=O)([O-])O)O2)c(=O)[nH]c1=O)=c1cc2c(cc1O3)=[N+](CC)C(C)(C)C=C2C. The number of likely N-dealkylation sites (N-methyl/N-ethyl adjacent to an activating group) is 2. The predicted molar refractivity (Wildman–Crippen MR) is 309 cm³/mol. The van der Waals surface area contributed by atoms with Gasteiger partial charge in [0.05, 0.1) is 56.5 Å². The third kappa shape index (κ3) is 13.2. The van der Waals surface area contributed by atoms with Crippen molar-refractivity contribution >= 4 is 104 Å². The Bertz CT molecular complexity index is 3900. The van der Waals surface area contributed by atoms with E-state index in [0.717, 1.165) is 44.1 Å². The first-order chi connectivity index (χ1) is 38.2. The number of aromatic nitrogens is 2. The maximum absolute atomic E-state index is 15.0. The molecule has 4 aliphatic heterocycles. The second-order valence-corrected chi connectivity index (χ2v) is 26.8. The van der Waals surface area contributed by atoms with E-state index in [1.54, 1.807) is 7.05 Å². The third-order valence-electron chi connectivity index (χ3n) is 14.3. The molecule has 440 valence electrons. The van der Waals surface area contributed by atoms with Crippen LogP contribution in [0.1, 0.15) is 125 Å². The first-order valence-corrected chi connectivity index (χ1v) is 31.7. The molecule has 0 aliphatic carbocycles. The molecule has 1 fully saturated rings. The topological polar surface area (TPSA) is 292 Å². The van der Waals surface area contributed by atoms with Crippen molar-refractivity contribution in [2.75, 3.05) is 44.7 Å². The molecule has 2 amide bonds. The van der Waals surface area contributed by atoms with Gasteiger partial charge in [0, 0.05) is 91.4 Å². The molecule has 0 spiro atoms. The Morgan fingerprint density at radius 1 is 0.915 bits per heavy atom. The van der Waals surface area contributed by atoms with Gasteiger partial charge in [-0.25, -0.2) is 22.8 Å². The molecule has 1 saturated heterocycles. The maximum Gasteiger partial charge on any atom is 0.487 e. The van der Waals surface area contributed by atoms with Gasteiger partial charge in [-0.2, -0.15) is 4.31 Å². The van der Waals surface area contributed by atoms with Crippen molar-refractivity contribution in [2.24, 2.45) is 0 Å². The maximum atomic E-state index is 15.0. The standard InChI is InChI=1S/C53H59Cl4N6O16P3/c1-10-62-36-22-38-34(20-32(36)28(3)24-52(62,5)6)42(35-21-33-29(4)25-53(7,8)63(11-2)37(33)23-39(35)77-38)43-44(46(55)48(57)47(56)45(43)54)50(66)60(9)19-13-15-40(64)58-18-12-14-30-26-61(51(67)59-49(30)65)41-17-16-31(76-41)27-75-81(71,72)79-82(73,74)78-80(68,69)70/h20-26,31,41H,10-11,13,15-19,27H2,1-9H3,(H5-,58,59,64,65,67,68,69,70,71,72,73,74)/t31-,41+/m0/s1. The zero-order chi connectivity index (χ0) is 60.3. The Morgan fingerprint density at radius 2 is 1.60 bits per heavy atom. The lowest BCUT2D eigenvalue weighted by Gasteiger charge is -2.43. The number of H-pyrrole nitrogens is 1. The van der Waals surface area contributed by atoms with E-state index < -0.39 is 65.5 Å². The van der Waals surface area contributed by atoms with Crippen LogP contribution in [0.15, 0.2) is 52.2 Å². The zero-order valence-corrected chi connectivity index (χ0v) is 51.6. The largest absolute Gasteiger partial charge is 0.756 e. The van der Waals surface area contributed by atoms with Gasteiger partial charge in [0.15, 0.2) is 5.54 Å². The Balaban J connectivity index is 1.01. The van der Waals surface area contributed by atoms with Crippen molar-refractivity contribution < 1.29 is 65.5 Å². The van der Waals surface area contributed by atoms with Crippen LogP contribution in [-0.2, 0) is 36.4 Å². The molecule has 3 aromatic carbocycles. The summed E-state index contributed by atoms with van der Waals surface area (Å²) in [4.78, 5) is 98.0. The highest BCUT2D eigenvalue weighted by molar-refractivity contribution is 7.66. The van der Waals surface area contributed by atoms with Gasteiger partial charge in [0.2, 0.25) is 11.3 Å². The average Bonchev–Trinajstić information content (AvgIpc) is 1.19. The van der Waals surface area contributed by atoms with Gasteiger partial charge in [-0.3, -0.25) is 33.0 Å². The minimum absolute atomic E-state index is 0.00171. The van der Waals surface area contributed by atoms with Crippen LogP contribution in [0.5, 0.6) is 11.5 Å². The quantitative estimate of drug-likeness (QED) is 0.0196. The highest BCUT2D eigenvalue weighted by Crippen LogP contribution is 2.65. The van der Waals surface area contributed by atoms with E-state index in [4.69, 9.17) is 60.8 Å². The molecule has 0 bridgehead atoms. The number of carbonyl (C=O) groups is 2. The fourth-order valence-corrected chi connectivity index (χ4v) is 15.0. The number of carbonyl (C=O) groups excluding carboxylic acids is 2. The van der Waals surface area contributed by atoms with E-state index >= 15 is 4.79 Å². The molecule has 0 radical (unpaired) electrons. The number of halogens is 4. The number of aromatic amines is 1. The molecule has 82 heavy (non-hydrogen) atoms. The van der Waals surface area contributed by atoms with E-state index in [1.165, 1.54) is 4.90 Å². The summed E-state index contributed by atoms with van der Waals surface area (Å²) in [6, 6.07) is 8.19. The number of ether oxygens (including phenoxy) is 2. The van der Waals surface area contributed by atoms with Crippen molar-refractivity contribution in [3.8, 4) is 23.3 Å². The van der Waals surface area contributed by atoms with Crippen LogP contribution in [0.25, 0.3) is 16.7 Å². The highest BCUT2D eigenvalue weighted by Gasteiger charge is 2.41. The number of anilines is 1. The average molecular weight is 1270 g/mol. The van der Waals surface area contributed by atoms with Crippen molar-refractivity contribution in [2.45, 2.75) is 104 Å². The molecule has 5 N–H and O–H groups in total. The molecule has 29 heteroatoms. The molecule has 5 atom stereocenters. The summed E-state index contributed by atoms with van der Waals surface area (Å²) in [7, 11) is -15.6. The van der Waals surface area contributed by atoms with Crippen LogP contribution in [0.2, 0.25) is 20.1 Å². The number of allylic oxidation sites excluding steroid dienone is 2. The van der Waals surface area contributed by atoms with E-state index in [1.807, 2.05) is 12.1 Å². The number of benzene rings is 3. The highest BCUT2D eigenvalue weighted by atomic mass is 35.5. The number of hydrogen-bond acceptors (Lipinski definition) is 14. The summed E-state index contributed by atoms with van der Waals surface area (Å²) in [5.74, 6) is 5.33. The Kier molecular flexibility index (Phi) is 18.4. The number of phosphoric ester groups is 1. The summed E-state index contributed by atoms with van der Waals surface area (Å²) in [5, 5.41) is 3.97. The fourth-order valence-electron chi connectivity index (χ4n) is 10.9. The van der Waals surface area contributed by atoms with Gasteiger partial charge < -0.3 is 44.2 Å². The van der Waals surface area contributed by atoms with Gasteiger partial charge in [-0.1, -0.05) is 64.3 Å². The summed E-state index contributed by atoms with van der Waals surface area (Å²) < 4.78 is 62.4. The van der Waals surface area contributed by atoms with Gasteiger partial charge >= 0.3 is 21.3 Å². The fraction of sp³-hybridized carbons (Fsp3) is 0.415. The summed E-state index contributed by atoms with van der Waals surface area (Å²) in [5.41, 5.74) is 3.87. The lowest BCUT2D eigenvalue weighted by atomic mass is 9.83. The van der Waals surface area contributed by atoms with Gasteiger partial charge in [-0.05, 0) is 90.2 Å². The van der Waals surface area contributed by atoms with Crippen LogP contribution in [0.4, 0.5) is 5.69 Å². The van der Waals surface area contributed by atoms with E-state index in [0.29, 0.717) is 40.9 Å². The van der Waals surface area contributed by atoms with Crippen LogP contribution < -0.4 is 46.2 Å².